The molecule has 0 amide bonds. The molecule has 1 aromatic carbocycles. The Morgan fingerprint density at radius 2 is 1.96 bits per heavy atom. The van der Waals surface area contributed by atoms with Gasteiger partial charge in [-0.05, 0) is 60.7 Å². The second kappa shape index (κ2) is 7.26. The number of hydrogen-bond acceptors (Lipinski definition) is 4. The molecule has 1 aromatic heterocycles. The van der Waals surface area contributed by atoms with E-state index >= 15 is 0 Å². The Labute approximate surface area is 148 Å². The first-order valence-electron chi connectivity index (χ1n) is 9.11. The van der Waals surface area contributed by atoms with Gasteiger partial charge in [-0.25, -0.2) is 0 Å². The Bertz CT molecular complexity index is 676. The molecule has 2 aromatic rings. The average molecular weight is 343 g/mol. The summed E-state index contributed by atoms with van der Waals surface area (Å²) in [6, 6.07) is 11.5. The van der Waals surface area contributed by atoms with Crippen LogP contribution in [0.4, 0.5) is 5.69 Å². The number of para-hydroxylation sites is 1. The first-order chi connectivity index (χ1) is 11.8. The molecular weight excluding hydrogens is 316 g/mol. The highest BCUT2D eigenvalue weighted by molar-refractivity contribution is 7.10. The van der Waals surface area contributed by atoms with Gasteiger partial charge >= 0.3 is 0 Å². The maximum atomic E-state index is 9.70. The summed E-state index contributed by atoms with van der Waals surface area (Å²) in [6.45, 7) is 2.96. The zero-order valence-corrected chi connectivity index (χ0v) is 14.9. The van der Waals surface area contributed by atoms with Crippen LogP contribution < -0.4 is 5.32 Å². The fourth-order valence-electron chi connectivity index (χ4n) is 3.94. The van der Waals surface area contributed by atoms with Gasteiger partial charge in [-0.1, -0.05) is 18.2 Å². The molecule has 4 rings (SSSR count). The van der Waals surface area contributed by atoms with Gasteiger partial charge in [-0.15, -0.1) is 11.3 Å². The van der Waals surface area contributed by atoms with Crippen LogP contribution >= 0.6 is 11.3 Å². The van der Waals surface area contributed by atoms with E-state index in [1.165, 1.54) is 36.1 Å². The first-order valence-corrected chi connectivity index (χ1v) is 9.98. The molecule has 0 bridgehead atoms. The van der Waals surface area contributed by atoms with E-state index in [1.54, 1.807) is 4.88 Å². The molecule has 1 atom stereocenters. The van der Waals surface area contributed by atoms with Crippen LogP contribution in [-0.2, 0) is 13.0 Å². The lowest BCUT2D eigenvalue weighted by Crippen LogP contribution is -2.35. The van der Waals surface area contributed by atoms with Gasteiger partial charge in [-0.3, -0.25) is 4.90 Å². The molecule has 24 heavy (non-hydrogen) atoms. The number of rotatable bonds is 4. The predicted molar refractivity (Wildman–Crippen MR) is 101 cm³/mol. The lowest BCUT2D eigenvalue weighted by Gasteiger charge is -2.31. The number of anilines is 1. The number of fused-ring (bicyclic) bond motifs is 1. The van der Waals surface area contributed by atoms with E-state index in [4.69, 9.17) is 0 Å². The van der Waals surface area contributed by atoms with E-state index in [-0.39, 0.29) is 6.10 Å². The molecule has 0 spiro atoms. The maximum absolute atomic E-state index is 9.70. The number of hydrogen-bond donors (Lipinski definition) is 2. The molecule has 1 unspecified atom stereocenters. The topological polar surface area (TPSA) is 35.5 Å². The van der Waals surface area contributed by atoms with Crippen molar-refractivity contribution in [3.63, 3.8) is 0 Å². The van der Waals surface area contributed by atoms with Crippen LogP contribution in [-0.4, -0.2) is 29.2 Å². The number of nitrogens with zero attached hydrogens (tertiary/aromatic N) is 1. The molecule has 0 saturated carbocycles. The summed E-state index contributed by atoms with van der Waals surface area (Å²) in [5.41, 5.74) is 4.14. The summed E-state index contributed by atoms with van der Waals surface area (Å²) < 4.78 is 0. The van der Waals surface area contributed by atoms with Crippen molar-refractivity contribution in [3.8, 4) is 0 Å². The van der Waals surface area contributed by atoms with Crippen LogP contribution in [0.1, 0.15) is 47.7 Å². The van der Waals surface area contributed by atoms with Gasteiger partial charge in [0.2, 0.25) is 0 Å². The van der Waals surface area contributed by atoms with Crippen molar-refractivity contribution in [1.82, 2.24) is 4.90 Å². The van der Waals surface area contributed by atoms with Crippen molar-refractivity contribution in [2.75, 3.05) is 18.4 Å². The van der Waals surface area contributed by atoms with Crippen molar-refractivity contribution >= 4 is 17.0 Å². The first kappa shape index (κ1) is 16.1. The minimum atomic E-state index is -0.103. The largest absolute Gasteiger partial charge is 0.393 e. The molecule has 1 saturated heterocycles. The van der Waals surface area contributed by atoms with Crippen molar-refractivity contribution in [3.05, 3.63) is 51.7 Å². The lowest BCUT2D eigenvalue weighted by atomic mass is 9.93. The molecule has 1 aliphatic heterocycles. The van der Waals surface area contributed by atoms with Gasteiger partial charge in [0.05, 0.1) is 12.1 Å². The molecule has 2 aliphatic rings. The molecule has 3 nitrogen and oxygen atoms in total. The minimum Gasteiger partial charge on any atom is -0.393 e. The van der Waals surface area contributed by atoms with Gasteiger partial charge in [0.25, 0.3) is 0 Å². The fraction of sp³-hybridized carbons (Fsp3) is 0.500. The standard InChI is InChI=1S/C20H26N2OS/c23-16-8-11-22(12-9-16)14-15-4-1-2-5-18(15)21-19-6-3-7-20-17(19)10-13-24-20/h1-2,4-5,10,13,16,19,21,23H,3,6-9,11-12,14H2. The minimum absolute atomic E-state index is 0.103. The summed E-state index contributed by atoms with van der Waals surface area (Å²) >= 11 is 1.90. The summed E-state index contributed by atoms with van der Waals surface area (Å²) in [5.74, 6) is 0. The number of likely N-dealkylation sites (tertiary alicyclic amines) is 1. The normalized spacial score (nSPS) is 22.3. The van der Waals surface area contributed by atoms with Crippen molar-refractivity contribution in [2.45, 2.75) is 50.8 Å². The highest BCUT2D eigenvalue weighted by atomic mass is 32.1. The number of piperidine rings is 1. The quantitative estimate of drug-likeness (QED) is 0.874. The Morgan fingerprint density at radius 3 is 2.83 bits per heavy atom. The summed E-state index contributed by atoms with van der Waals surface area (Å²) in [6.07, 6.45) is 5.43. The zero-order valence-electron chi connectivity index (χ0n) is 14.1. The van der Waals surface area contributed by atoms with E-state index < -0.39 is 0 Å². The van der Waals surface area contributed by atoms with Crippen LogP contribution in [0, 0.1) is 0 Å². The predicted octanol–water partition coefficient (Wildman–Crippen LogP) is 4.19. The van der Waals surface area contributed by atoms with Crippen molar-refractivity contribution in [1.29, 1.82) is 0 Å². The van der Waals surface area contributed by atoms with E-state index in [0.29, 0.717) is 6.04 Å². The maximum Gasteiger partial charge on any atom is 0.0564 e. The van der Waals surface area contributed by atoms with Crippen molar-refractivity contribution < 1.29 is 5.11 Å². The number of nitrogens with one attached hydrogen (secondary N) is 1. The molecule has 1 aliphatic carbocycles. The van der Waals surface area contributed by atoms with E-state index in [0.717, 1.165) is 32.5 Å². The molecule has 2 N–H and O–H groups in total. The van der Waals surface area contributed by atoms with Crippen LogP contribution in [0.5, 0.6) is 0 Å². The van der Waals surface area contributed by atoms with Crippen LogP contribution in [0.3, 0.4) is 0 Å². The second-order valence-electron chi connectivity index (χ2n) is 7.05. The summed E-state index contributed by atoms with van der Waals surface area (Å²) in [7, 11) is 0. The Morgan fingerprint density at radius 1 is 1.12 bits per heavy atom. The summed E-state index contributed by atoms with van der Waals surface area (Å²) in [4.78, 5) is 4.02. The number of aliphatic hydroxyl groups is 1. The van der Waals surface area contributed by atoms with Crippen LogP contribution in [0.15, 0.2) is 35.7 Å². The molecule has 4 heteroatoms. The van der Waals surface area contributed by atoms with Gasteiger partial charge in [0.15, 0.2) is 0 Å². The Kier molecular flexibility index (Phi) is 4.88. The number of thiophene rings is 1. The van der Waals surface area contributed by atoms with Gasteiger partial charge in [0, 0.05) is 30.2 Å². The zero-order chi connectivity index (χ0) is 16.4. The van der Waals surface area contributed by atoms with Crippen LogP contribution in [0.2, 0.25) is 0 Å². The van der Waals surface area contributed by atoms with Crippen molar-refractivity contribution in [2.24, 2.45) is 0 Å². The van der Waals surface area contributed by atoms with E-state index in [2.05, 4.69) is 45.9 Å². The number of benzene rings is 1. The van der Waals surface area contributed by atoms with Crippen LogP contribution in [0.25, 0.3) is 0 Å². The third kappa shape index (κ3) is 3.51. The number of aryl methyl sites for hydroxylation is 1. The van der Waals surface area contributed by atoms with Gasteiger partial charge in [-0.2, -0.15) is 0 Å². The smallest absolute Gasteiger partial charge is 0.0564 e. The molecule has 1 fully saturated rings. The summed E-state index contributed by atoms with van der Waals surface area (Å²) in [5, 5.41) is 15.8. The number of aliphatic hydroxyl groups excluding tert-OH is 1. The fourth-order valence-corrected chi connectivity index (χ4v) is 4.93. The third-order valence-electron chi connectivity index (χ3n) is 5.35. The highest BCUT2D eigenvalue weighted by Crippen LogP contribution is 2.36. The SMILES string of the molecule is OC1CCN(Cc2ccccc2NC2CCCc3sccc32)CC1. The molecule has 2 heterocycles. The highest BCUT2D eigenvalue weighted by Gasteiger charge is 2.22. The molecule has 128 valence electrons. The average Bonchev–Trinajstić information content (AvgIpc) is 3.08. The monoisotopic (exact) mass is 342 g/mol. The Hall–Kier alpha value is -1.36. The molecule has 0 radical (unpaired) electrons. The van der Waals surface area contributed by atoms with Gasteiger partial charge < -0.3 is 10.4 Å². The van der Waals surface area contributed by atoms with Gasteiger partial charge in [0.1, 0.15) is 0 Å². The second-order valence-corrected chi connectivity index (χ2v) is 8.05. The van der Waals surface area contributed by atoms with E-state index in [1.807, 2.05) is 11.3 Å². The Balaban J connectivity index is 1.48. The lowest BCUT2D eigenvalue weighted by molar-refractivity contribution is 0.0793. The third-order valence-corrected chi connectivity index (χ3v) is 6.35. The molecular formula is C20H26N2OS. The van der Waals surface area contributed by atoms with E-state index in [9.17, 15) is 5.11 Å².